The average molecular weight is 243 g/mol. The molecule has 0 saturated carbocycles. The first-order valence-electron chi connectivity index (χ1n) is 4.84. The fraction of sp³-hybridized carbons (Fsp3) is 0.400. The van der Waals surface area contributed by atoms with Gasteiger partial charge in [-0.1, -0.05) is 0 Å². The maximum atomic E-state index is 11.3. The quantitative estimate of drug-likeness (QED) is 0.802. The van der Waals surface area contributed by atoms with Crippen LogP contribution in [0.25, 0.3) is 0 Å². The summed E-state index contributed by atoms with van der Waals surface area (Å²) in [7, 11) is -3.23. The molecule has 1 aliphatic heterocycles. The van der Waals surface area contributed by atoms with E-state index in [4.69, 9.17) is 15.2 Å². The first-order valence-corrected chi connectivity index (χ1v) is 6.73. The van der Waals surface area contributed by atoms with Crippen LogP contribution < -0.4 is 15.2 Å². The molecule has 1 aromatic rings. The highest BCUT2D eigenvalue weighted by Crippen LogP contribution is 2.33. The molecular formula is C10H13NO4S. The molecule has 5 nitrogen and oxygen atoms in total. The van der Waals surface area contributed by atoms with Gasteiger partial charge in [-0.25, -0.2) is 8.42 Å². The summed E-state index contributed by atoms with van der Waals surface area (Å²) < 4.78 is 33.6. The molecule has 1 atom stereocenters. The highest BCUT2D eigenvalue weighted by molar-refractivity contribution is 7.90. The lowest BCUT2D eigenvalue weighted by Gasteiger charge is -2.25. The number of benzene rings is 1. The summed E-state index contributed by atoms with van der Waals surface area (Å²) in [6.45, 7) is 0.726. The first-order chi connectivity index (χ1) is 7.50. The van der Waals surface area contributed by atoms with E-state index < -0.39 is 9.84 Å². The van der Waals surface area contributed by atoms with E-state index >= 15 is 0 Å². The smallest absolute Gasteiger partial charge is 0.175 e. The Morgan fingerprint density at radius 2 is 2.19 bits per heavy atom. The Bertz CT molecular complexity index is 498. The van der Waals surface area contributed by atoms with Crippen LogP contribution in [0, 0.1) is 0 Å². The van der Waals surface area contributed by atoms with E-state index in [2.05, 4.69) is 0 Å². The average Bonchev–Trinajstić information content (AvgIpc) is 2.26. The van der Waals surface area contributed by atoms with E-state index in [1.54, 1.807) is 6.07 Å². The van der Waals surface area contributed by atoms with E-state index in [0.29, 0.717) is 24.7 Å². The Kier molecular flexibility index (Phi) is 2.77. The molecule has 2 N–H and O–H groups in total. The molecule has 0 amide bonds. The molecule has 0 fully saturated rings. The molecule has 16 heavy (non-hydrogen) atoms. The molecule has 88 valence electrons. The van der Waals surface area contributed by atoms with Crippen molar-refractivity contribution in [2.24, 2.45) is 5.73 Å². The third-order valence-corrected chi connectivity index (χ3v) is 3.43. The molecule has 6 heteroatoms. The molecule has 1 unspecified atom stereocenters. The van der Waals surface area contributed by atoms with Crippen molar-refractivity contribution in [2.75, 3.05) is 19.4 Å². The summed E-state index contributed by atoms with van der Waals surface area (Å²) in [6, 6.07) is 4.56. The summed E-state index contributed by atoms with van der Waals surface area (Å²) in [4.78, 5) is 0.215. The number of hydrogen-bond acceptors (Lipinski definition) is 5. The SMILES string of the molecule is CS(=O)(=O)c1ccc2c(c1)OC(CN)CO2. The molecule has 0 saturated heterocycles. The minimum atomic E-state index is -3.23. The standard InChI is InChI=1S/C10H13NO4S/c1-16(12,13)8-2-3-9-10(4-8)15-7(5-11)6-14-9/h2-4,7H,5-6,11H2,1H3. The van der Waals surface area contributed by atoms with Crippen LogP contribution in [0.15, 0.2) is 23.1 Å². The Morgan fingerprint density at radius 1 is 1.44 bits per heavy atom. The van der Waals surface area contributed by atoms with Gasteiger partial charge in [-0.15, -0.1) is 0 Å². The van der Waals surface area contributed by atoms with Gasteiger partial charge in [0.25, 0.3) is 0 Å². The van der Waals surface area contributed by atoms with Gasteiger partial charge in [-0.3, -0.25) is 0 Å². The van der Waals surface area contributed by atoms with Crippen LogP contribution in [0.2, 0.25) is 0 Å². The zero-order valence-corrected chi connectivity index (χ0v) is 9.66. The van der Waals surface area contributed by atoms with Gasteiger partial charge in [0.15, 0.2) is 21.3 Å². The van der Waals surface area contributed by atoms with Gasteiger partial charge in [0.1, 0.15) is 12.7 Å². The van der Waals surface area contributed by atoms with Crippen LogP contribution >= 0.6 is 0 Å². The third kappa shape index (κ3) is 2.12. The van der Waals surface area contributed by atoms with Crippen LogP contribution in [0.3, 0.4) is 0 Å². The van der Waals surface area contributed by atoms with E-state index in [1.165, 1.54) is 12.1 Å². The van der Waals surface area contributed by atoms with Crippen LogP contribution in [-0.2, 0) is 9.84 Å². The minimum Gasteiger partial charge on any atom is -0.486 e. The van der Waals surface area contributed by atoms with Crippen molar-refractivity contribution in [3.63, 3.8) is 0 Å². The van der Waals surface area contributed by atoms with Crippen molar-refractivity contribution in [1.29, 1.82) is 0 Å². The molecule has 2 rings (SSSR count). The lowest BCUT2D eigenvalue weighted by Crippen LogP contribution is -2.35. The zero-order valence-electron chi connectivity index (χ0n) is 8.84. The van der Waals surface area contributed by atoms with E-state index in [0.717, 1.165) is 6.26 Å². The third-order valence-electron chi connectivity index (χ3n) is 2.32. The number of fused-ring (bicyclic) bond motifs is 1. The summed E-state index contributed by atoms with van der Waals surface area (Å²) in [5.41, 5.74) is 5.46. The van der Waals surface area contributed by atoms with Gasteiger partial charge >= 0.3 is 0 Å². The fourth-order valence-corrected chi connectivity index (χ4v) is 2.08. The number of hydrogen-bond donors (Lipinski definition) is 1. The normalized spacial score (nSPS) is 19.5. The van der Waals surface area contributed by atoms with E-state index in [9.17, 15) is 8.42 Å². The summed E-state index contributed by atoms with van der Waals surface area (Å²) in [5.74, 6) is 0.988. The van der Waals surface area contributed by atoms with Crippen molar-refractivity contribution in [1.82, 2.24) is 0 Å². The highest BCUT2D eigenvalue weighted by Gasteiger charge is 2.21. The van der Waals surface area contributed by atoms with Crippen LogP contribution in [0.4, 0.5) is 0 Å². The maximum Gasteiger partial charge on any atom is 0.175 e. The predicted octanol–water partition coefficient (Wildman–Crippen LogP) is 0.189. The van der Waals surface area contributed by atoms with Crippen molar-refractivity contribution in [2.45, 2.75) is 11.0 Å². The fourth-order valence-electron chi connectivity index (χ4n) is 1.44. The predicted molar refractivity (Wildman–Crippen MR) is 58.5 cm³/mol. The van der Waals surface area contributed by atoms with Gasteiger partial charge in [-0.05, 0) is 12.1 Å². The van der Waals surface area contributed by atoms with E-state index in [1.807, 2.05) is 0 Å². The van der Waals surface area contributed by atoms with E-state index in [-0.39, 0.29) is 11.0 Å². The molecular weight excluding hydrogens is 230 g/mol. The van der Waals surface area contributed by atoms with Gasteiger partial charge in [0, 0.05) is 18.9 Å². The number of ether oxygens (including phenoxy) is 2. The second-order valence-corrected chi connectivity index (χ2v) is 5.68. The topological polar surface area (TPSA) is 78.6 Å². The Hall–Kier alpha value is -1.27. The number of nitrogens with two attached hydrogens (primary N) is 1. The van der Waals surface area contributed by atoms with Crippen LogP contribution in [0.5, 0.6) is 11.5 Å². The monoisotopic (exact) mass is 243 g/mol. The molecule has 0 bridgehead atoms. The second-order valence-electron chi connectivity index (χ2n) is 3.67. The Balaban J connectivity index is 2.38. The van der Waals surface area contributed by atoms with Crippen molar-refractivity contribution in [3.8, 4) is 11.5 Å². The molecule has 1 aromatic carbocycles. The lowest BCUT2D eigenvalue weighted by atomic mass is 10.2. The summed E-state index contributed by atoms with van der Waals surface area (Å²) in [5, 5.41) is 0. The highest BCUT2D eigenvalue weighted by atomic mass is 32.2. The zero-order chi connectivity index (χ0) is 11.8. The van der Waals surface area contributed by atoms with Gasteiger partial charge in [-0.2, -0.15) is 0 Å². The second kappa shape index (κ2) is 3.95. The minimum absolute atomic E-state index is 0.215. The Morgan fingerprint density at radius 3 is 2.81 bits per heavy atom. The van der Waals surface area contributed by atoms with Gasteiger partial charge < -0.3 is 15.2 Å². The summed E-state index contributed by atoms with van der Waals surface area (Å²) in [6.07, 6.45) is 0.932. The largest absolute Gasteiger partial charge is 0.486 e. The number of sulfone groups is 1. The van der Waals surface area contributed by atoms with Gasteiger partial charge in [0.2, 0.25) is 0 Å². The van der Waals surface area contributed by atoms with Crippen molar-refractivity contribution < 1.29 is 17.9 Å². The number of rotatable bonds is 2. The van der Waals surface area contributed by atoms with Crippen LogP contribution in [-0.4, -0.2) is 33.9 Å². The maximum absolute atomic E-state index is 11.3. The molecule has 0 radical (unpaired) electrons. The molecule has 1 aliphatic rings. The summed E-state index contributed by atoms with van der Waals surface area (Å²) >= 11 is 0. The van der Waals surface area contributed by atoms with Crippen LogP contribution in [0.1, 0.15) is 0 Å². The lowest BCUT2D eigenvalue weighted by molar-refractivity contribution is 0.0964. The van der Waals surface area contributed by atoms with Crippen molar-refractivity contribution >= 4 is 9.84 Å². The Labute approximate surface area is 94.1 Å². The van der Waals surface area contributed by atoms with Gasteiger partial charge in [0.05, 0.1) is 4.90 Å². The first kappa shape index (κ1) is 11.2. The molecule has 0 aromatic heterocycles. The molecule has 0 spiro atoms. The van der Waals surface area contributed by atoms with Crippen molar-refractivity contribution in [3.05, 3.63) is 18.2 Å². The molecule has 0 aliphatic carbocycles. The molecule has 1 heterocycles.